The molecular formula is C10H9BrN2O. The van der Waals surface area contributed by atoms with Gasteiger partial charge in [-0.1, -0.05) is 18.7 Å². The third kappa shape index (κ3) is 1.53. The number of carbonyl (C=O) groups excluding carboxylic acids is 1. The number of amides is 1. The zero-order valence-corrected chi connectivity index (χ0v) is 9.04. The molecule has 1 aromatic carbocycles. The van der Waals surface area contributed by atoms with Crippen molar-refractivity contribution in [2.24, 2.45) is 0 Å². The maximum atomic E-state index is 11.2. The van der Waals surface area contributed by atoms with E-state index in [0.717, 1.165) is 10.2 Å². The van der Waals surface area contributed by atoms with Gasteiger partial charge in [-0.25, -0.2) is 0 Å². The molecule has 0 saturated carbocycles. The molecule has 14 heavy (non-hydrogen) atoms. The first-order valence-corrected chi connectivity index (χ1v) is 4.98. The van der Waals surface area contributed by atoms with Gasteiger partial charge >= 0.3 is 0 Å². The molecule has 3 nitrogen and oxygen atoms in total. The fraction of sp³-hybridized carbons (Fsp3) is 0.100. The summed E-state index contributed by atoms with van der Waals surface area (Å²) in [5.41, 5.74) is 4.25. The fourth-order valence-electron chi connectivity index (χ4n) is 1.32. The van der Waals surface area contributed by atoms with Crippen molar-refractivity contribution in [2.45, 2.75) is 0 Å². The SMILES string of the molecule is C=C1CN(c2ccccc2Br)NC1=O. The largest absolute Gasteiger partial charge is 0.280 e. The van der Waals surface area contributed by atoms with Crippen molar-refractivity contribution in [1.82, 2.24) is 5.43 Å². The van der Waals surface area contributed by atoms with Crippen LogP contribution in [0, 0.1) is 0 Å². The molecule has 4 heteroatoms. The predicted molar refractivity (Wildman–Crippen MR) is 58.8 cm³/mol. The Hall–Kier alpha value is -1.29. The molecule has 0 aromatic heterocycles. The lowest BCUT2D eigenvalue weighted by Crippen LogP contribution is -2.33. The summed E-state index contributed by atoms with van der Waals surface area (Å²) in [6.07, 6.45) is 0. The summed E-state index contributed by atoms with van der Waals surface area (Å²) in [5.74, 6) is -0.110. The Labute approximate surface area is 90.5 Å². The first-order valence-electron chi connectivity index (χ1n) is 4.19. The van der Waals surface area contributed by atoms with Gasteiger partial charge in [0.05, 0.1) is 12.2 Å². The van der Waals surface area contributed by atoms with E-state index in [0.29, 0.717) is 12.1 Å². The number of anilines is 1. The summed E-state index contributed by atoms with van der Waals surface area (Å²) in [6, 6.07) is 7.72. The van der Waals surface area contributed by atoms with Crippen LogP contribution in [0.15, 0.2) is 40.9 Å². The van der Waals surface area contributed by atoms with Gasteiger partial charge in [0, 0.05) is 10.0 Å². The van der Waals surface area contributed by atoms with Crippen LogP contribution in [0.1, 0.15) is 0 Å². The van der Waals surface area contributed by atoms with Crippen LogP contribution in [0.25, 0.3) is 0 Å². The average molecular weight is 253 g/mol. The summed E-state index contributed by atoms with van der Waals surface area (Å²) in [7, 11) is 0. The zero-order valence-electron chi connectivity index (χ0n) is 7.46. The van der Waals surface area contributed by atoms with E-state index < -0.39 is 0 Å². The van der Waals surface area contributed by atoms with E-state index in [1.165, 1.54) is 0 Å². The van der Waals surface area contributed by atoms with Gasteiger partial charge in [-0.3, -0.25) is 15.2 Å². The van der Waals surface area contributed by atoms with Crippen LogP contribution in [0.2, 0.25) is 0 Å². The van der Waals surface area contributed by atoms with E-state index in [-0.39, 0.29) is 5.91 Å². The van der Waals surface area contributed by atoms with Gasteiger partial charge in [0.2, 0.25) is 0 Å². The van der Waals surface area contributed by atoms with E-state index in [4.69, 9.17) is 0 Å². The quantitative estimate of drug-likeness (QED) is 0.775. The van der Waals surface area contributed by atoms with Crippen molar-refractivity contribution in [3.8, 4) is 0 Å². The molecule has 1 amide bonds. The molecule has 72 valence electrons. The Balaban J connectivity index is 2.30. The molecule has 0 spiro atoms. The summed E-state index contributed by atoms with van der Waals surface area (Å²) in [5, 5.41) is 1.77. The molecule has 1 heterocycles. The Morgan fingerprint density at radius 3 is 2.71 bits per heavy atom. The van der Waals surface area contributed by atoms with Gasteiger partial charge in [-0.2, -0.15) is 0 Å². The molecule has 0 aliphatic carbocycles. The van der Waals surface area contributed by atoms with Crippen LogP contribution < -0.4 is 10.4 Å². The van der Waals surface area contributed by atoms with Crippen LogP contribution in [0.4, 0.5) is 5.69 Å². The molecule has 0 unspecified atom stereocenters. The smallest absolute Gasteiger partial charge is 0.267 e. The monoisotopic (exact) mass is 252 g/mol. The second-order valence-corrected chi connectivity index (χ2v) is 3.94. The van der Waals surface area contributed by atoms with Gasteiger partial charge in [-0.15, -0.1) is 0 Å². The van der Waals surface area contributed by atoms with Gasteiger partial charge < -0.3 is 0 Å². The molecule has 1 N–H and O–H groups in total. The number of halogens is 1. The van der Waals surface area contributed by atoms with Crippen LogP contribution in [-0.2, 0) is 4.79 Å². The number of nitrogens with one attached hydrogen (secondary N) is 1. The lowest BCUT2D eigenvalue weighted by atomic mass is 10.3. The maximum absolute atomic E-state index is 11.2. The molecule has 0 atom stereocenters. The minimum absolute atomic E-state index is 0.110. The Morgan fingerprint density at radius 1 is 1.43 bits per heavy atom. The second kappa shape index (κ2) is 3.46. The molecule has 0 bridgehead atoms. The van der Waals surface area contributed by atoms with Crippen molar-refractivity contribution < 1.29 is 4.79 Å². The number of para-hydroxylation sites is 1. The van der Waals surface area contributed by atoms with Gasteiger partial charge in [0.1, 0.15) is 0 Å². The first-order chi connectivity index (χ1) is 6.68. The molecule has 1 aromatic rings. The Bertz CT molecular complexity index is 387. The number of rotatable bonds is 1. The minimum atomic E-state index is -0.110. The average Bonchev–Trinajstić information content (AvgIpc) is 2.48. The topological polar surface area (TPSA) is 32.3 Å². The zero-order chi connectivity index (χ0) is 10.1. The highest BCUT2D eigenvalue weighted by atomic mass is 79.9. The normalized spacial score (nSPS) is 15.9. The van der Waals surface area contributed by atoms with E-state index in [9.17, 15) is 4.79 Å². The van der Waals surface area contributed by atoms with E-state index in [2.05, 4.69) is 27.9 Å². The van der Waals surface area contributed by atoms with Crippen LogP contribution >= 0.6 is 15.9 Å². The van der Waals surface area contributed by atoms with Crippen LogP contribution in [-0.4, -0.2) is 12.5 Å². The molecule has 1 fully saturated rings. The fourth-order valence-corrected chi connectivity index (χ4v) is 1.82. The standard InChI is InChI=1S/C10H9BrN2O/c1-7-6-13(12-10(7)14)9-5-3-2-4-8(9)11/h2-5H,1,6H2,(H,12,14). The van der Waals surface area contributed by atoms with Crippen molar-refractivity contribution in [1.29, 1.82) is 0 Å². The van der Waals surface area contributed by atoms with Gasteiger partial charge in [-0.05, 0) is 28.1 Å². The number of hydrogen-bond donors (Lipinski definition) is 1. The number of hydrazine groups is 1. The minimum Gasteiger partial charge on any atom is -0.280 e. The van der Waals surface area contributed by atoms with E-state index >= 15 is 0 Å². The highest BCUT2D eigenvalue weighted by Gasteiger charge is 2.23. The Kier molecular flexibility index (Phi) is 2.29. The van der Waals surface area contributed by atoms with Gasteiger partial charge in [0.15, 0.2) is 0 Å². The van der Waals surface area contributed by atoms with Crippen molar-refractivity contribution in [3.63, 3.8) is 0 Å². The number of nitrogens with zero attached hydrogens (tertiary/aromatic N) is 1. The predicted octanol–water partition coefficient (Wildman–Crippen LogP) is 1.86. The van der Waals surface area contributed by atoms with Crippen LogP contribution in [0.5, 0.6) is 0 Å². The molecular weight excluding hydrogens is 244 g/mol. The second-order valence-electron chi connectivity index (χ2n) is 3.08. The number of benzene rings is 1. The highest BCUT2D eigenvalue weighted by Crippen LogP contribution is 2.26. The molecule has 1 aliphatic rings. The van der Waals surface area contributed by atoms with Crippen LogP contribution in [0.3, 0.4) is 0 Å². The Morgan fingerprint density at radius 2 is 2.14 bits per heavy atom. The summed E-state index contributed by atoms with van der Waals surface area (Å²) >= 11 is 3.42. The molecule has 2 rings (SSSR count). The third-order valence-corrected chi connectivity index (χ3v) is 2.72. The first kappa shape index (κ1) is 9.27. The van der Waals surface area contributed by atoms with E-state index in [1.54, 1.807) is 5.01 Å². The van der Waals surface area contributed by atoms with Crippen molar-refractivity contribution >= 4 is 27.5 Å². The van der Waals surface area contributed by atoms with Crippen molar-refractivity contribution in [3.05, 3.63) is 40.9 Å². The van der Waals surface area contributed by atoms with E-state index in [1.807, 2.05) is 24.3 Å². The lowest BCUT2D eigenvalue weighted by molar-refractivity contribution is -0.116. The van der Waals surface area contributed by atoms with Crippen molar-refractivity contribution in [2.75, 3.05) is 11.6 Å². The molecule has 1 saturated heterocycles. The maximum Gasteiger partial charge on any atom is 0.267 e. The highest BCUT2D eigenvalue weighted by molar-refractivity contribution is 9.10. The number of carbonyl (C=O) groups is 1. The molecule has 1 aliphatic heterocycles. The summed E-state index contributed by atoms with van der Waals surface area (Å²) < 4.78 is 0.954. The third-order valence-electron chi connectivity index (χ3n) is 2.05. The summed E-state index contributed by atoms with van der Waals surface area (Å²) in [4.78, 5) is 11.2. The number of hydrogen-bond acceptors (Lipinski definition) is 2. The molecule has 0 radical (unpaired) electrons. The lowest BCUT2D eigenvalue weighted by Gasteiger charge is -2.17. The van der Waals surface area contributed by atoms with Gasteiger partial charge in [0.25, 0.3) is 5.91 Å². The summed E-state index contributed by atoms with van der Waals surface area (Å²) in [6.45, 7) is 4.20.